The fourth-order valence-corrected chi connectivity index (χ4v) is 6.48. The van der Waals surface area contributed by atoms with Crippen LogP contribution in [0.5, 0.6) is 0 Å². The van der Waals surface area contributed by atoms with Crippen LogP contribution in [0.25, 0.3) is 0 Å². The highest BCUT2D eigenvalue weighted by molar-refractivity contribution is 7.47. The van der Waals surface area contributed by atoms with E-state index in [0.717, 1.165) is 83.5 Å². The third-order valence-corrected chi connectivity index (χ3v) is 10.1. The van der Waals surface area contributed by atoms with E-state index in [1.165, 1.54) is 0 Å². The van der Waals surface area contributed by atoms with Gasteiger partial charge in [0.05, 0.1) is 26.4 Å². The number of esters is 4. The Kier molecular flexibility index (Phi) is 32.8. The Morgan fingerprint density at radius 3 is 1.18 bits per heavy atom. The highest BCUT2D eigenvalue weighted by Crippen LogP contribution is 2.45. The maximum absolute atomic E-state index is 12.6. The first kappa shape index (κ1) is 54.1. The standard InChI is InChI=1S/C37H70O17P2/c1-5-9-12-14-16-18-21-24-37(42)54-33(28-48-35(40)22-19-11-7-3)30-52-56(45,46)50-26-31(38)25-49-55(43,44)51-29-32(27-47-34(39)8-4)53-36(41)23-20-17-15-13-10-6-2/h31-33,38H,5-30H2,1-4H3,(H,43,44)(H,45,46)/t31-,32+,33-/m1/s1. The van der Waals surface area contributed by atoms with Gasteiger partial charge in [-0.05, 0) is 19.3 Å². The number of phosphoric ester groups is 2. The molecule has 19 heteroatoms. The molecule has 0 fully saturated rings. The van der Waals surface area contributed by atoms with Crippen molar-refractivity contribution >= 4 is 39.5 Å². The van der Waals surface area contributed by atoms with Gasteiger partial charge in [-0.25, -0.2) is 9.13 Å². The highest BCUT2D eigenvalue weighted by Gasteiger charge is 2.30. The van der Waals surface area contributed by atoms with Crippen LogP contribution in [0.1, 0.15) is 156 Å². The minimum absolute atomic E-state index is 0.0503. The molecule has 2 unspecified atom stereocenters. The number of aliphatic hydroxyl groups is 1. The van der Waals surface area contributed by atoms with E-state index < -0.39 is 97.5 Å². The Bertz CT molecular complexity index is 1150. The van der Waals surface area contributed by atoms with E-state index in [1.54, 1.807) is 6.92 Å². The maximum Gasteiger partial charge on any atom is 0.472 e. The Morgan fingerprint density at radius 2 is 0.768 bits per heavy atom. The first-order valence-corrected chi connectivity index (χ1v) is 23.3. The molecule has 56 heavy (non-hydrogen) atoms. The summed E-state index contributed by atoms with van der Waals surface area (Å²) in [5, 5.41) is 10.2. The van der Waals surface area contributed by atoms with E-state index >= 15 is 0 Å². The lowest BCUT2D eigenvalue weighted by atomic mass is 10.1. The van der Waals surface area contributed by atoms with Crippen molar-refractivity contribution in [3.05, 3.63) is 0 Å². The molecule has 0 aromatic rings. The molecule has 0 saturated carbocycles. The molecule has 3 N–H and O–H groups in total. The molecule has 330 valence electrons. The number of carbonyl (C=O) groups excluding carboxylic acids is 4. The first-order chi connectivity index (χ1) is 26.7. The topological polar surface area (TPSA) is 237 Å². The summed E-state index contributed by atoms with van der Waals surface area (Å²) in [7, 11) is -9.77. The summed E-state index contributed by atoms with van der Waals surface area (Å²) in [6.07, 6.45) is 11.1. The van der Waals surface area contributed by atoms with Gasteiger partial charge < -0.3 is 33.8 Å². The maximum atomic E-state index is 12.6. The van der Waals surface area contributed by atoms with Gasteiger partial charge in [0.25, 0.3) is 0 Å². The summed E-state index contributed by atoms with van der Waals surface area (Å²) < 4.78 is 65.3. The average Bonchev–Trinajstić information content (AvgIpc) is 3.16. The second kappa shape index (κ2) is 34.0. The van der Waals surface area contributed by atoms with E-state index in [1.807, 2.05) is 6.92 Å². The molecule has 0 aliphatic heterocycles. The first-order valence-electron chi connectivity index (χ1n) is 20.3. The van der Waals surface area contributed by atoms with Gasteiger partial charge in [0, 0.05) is 25.7 Å². The molecule has 0 spiro atoms. The molecule has 0 rings (SSSR count). The lowest BCUT2D eigenvalue weighted by Crippen LogP contribution is -2.30. The minimum atomic E-state index is -4.89. The van der Waals surface area contributed by atoms with Crippen molar-refractivity contribution in [2.75, 3.05) is 39.6 Å². The molecule has 0 amide bonds. The lowest BCUT2D eigenvalue weighted by molar-refractivity contribution is -0.161. The second-order valence-corrected chi connectivity index (χ2v) is 16.5. The van der Waals surface area contributed by atoms with Crippen molar-refractivity contribution in [3.8, 4) is 0 Å². The zero-order valence-corrected chi connectivity index (χ0v) is 35.9. The molecule has 0 aliphatic carbocycles. The van der Waals surface area contributed by atoms with Crippen molar-refractivity contribution in [1.82, 2.24) is 0 Å². The number of rotatable bonds is 38. The predicted octanol–water partition coefficient (Wildman–Crippen LogP) is 7.41. The predicted molar refractivity (Wildman–Crippen MR) is 206 cm³/mol. The fraction of sp³-hybridized carbons (Fsp3) is 0.892. The van der Waals surface area contributed by atoms with Crippen LogP contribution in [0.2, 0.25) is 0 Å². The number of hydrogen-bond donors (Lipinski definition) is 3. The number of unbranched alkanes of at least 4 members (excludes halogenated alkanes) is 13. The zero-order valence-electron chi connectivity index (χ0n) is 34.1. The van der Waals surface area contributed by atoms with Gasteiger partial charge >= 0.3 is 39.5 Å². The summed E-state index contributed by atoms with van der Waals surface area (Å²) in [4.78, 5) is 68.9. The van der Waals surface area contributed by atoms with Gasteiger partial charge in [0.2, 0.25) is 0 Å². The van der Waals surface area contributed by atoms with Crippen LogP contribution in [0.4, 0.5) is 0 Å². The summed E-state index contributed by atoms with van der Waals surface area (Å²) >= 11 is 0. The van der Waals surface area contributed by atoms with Crippen LogP contribution in [-0.4, -0.2) is 96.7 Å². The molecule has 0 radical (unpaired) electrons. The van der Waals surface area contributed by atoms with Gasteiger partial charge in [0.15, 0.2) is 12.2 Å². The van der Waals surface area contributed by atoms with Crippen molar-refractivity contribution < 1.29 is 80.2 Å². The Labute approximate surface area is 333 Å². The average molecular weight is 849 g/mol. The van der Waals surface area contributed by atoms with Gasteiger partial charge in [-0.15, -0.1) is 0 Å². The molecule has 0 saturated heterocycles. The molecule has 0 heterocycles. The van der Waals surface area contributed by atoms with Gasteiger partial charge in [-0.2, -0.15) is 0 Å². The number of carbonyl (C=O) groups is 4. The largest absolute Gasteiger partial charge is 0.472 e. The number of ether oxygens (including phenoxy) is 4. The monoisotopic (exact) mass is 848 g/mol. The molecule has 0 aromatic heterocycles. The Hall–Kier alpha value is -1.94. The van der Waals surface area contributed by atoms with Gasteiger partial charge in [0.1, 0.15) is 19.3 Å². The number of aliphatic hydroxyl groups excluding tert-OH is 1. The summed E-state index contributed by atoms with van der Waals surface area (Å²) in [6, 6.07) is 0. The van der Waals surface area contributed by atoms with Crippen molar-refractivity contribution in [2.24, 2.45) is 0 Å². The van der Waals surface area contributed by atoms with E-state index in [4.69, 9.17) is 37.0 Å². The molecule has 0 aliphatic rings. The fourth-order valence-electron chi connectivity index (χ4n) is 4.90. The van der Waals surface area contributed by atoms with Crippen LogP contribution in [0.15, 0.2) is 0 Å². The third-order valence-electron chi connectivity index (χ3n) is 8.16. The van der Waals surface area contributed by atoms with Crippen LogP contribution in [0.3, 0.4) is 0 Å². The molecule has 5 atom stereocenters. The summed E-state index contributed by atoms with van der Waals surface area (Å²) in [5.74, 6) is -2.31. The normalized spacial score (nSPS) is 15.2. The highest BCUT2D eigenvalue weighted by atomic mass is 31.2. The molecular formula is C37H70O17P2. The molecule has 0 aromatic carbocycles. The molecule has 17 nitrogen and oxygen atoms in total. The van der Waals surface area contributed by atoms with Crippen molar-refractivity contribution in [3.63, 3.8) is 0 Å². The number of phosphoric acid groups is 2. The van der Waals surface area contributed by atoms with Gasteiger partial charge in [-0.3, -0.25) is 37.3 Å². The van der Waals surface area contributed by atoms with E-state index in [2.05, 4.69) is 13.8 Å². The van der Waals surface area contributed by atoms with Crippen LogP contribution in [0, 0.1) is 0 Å². The smallest absolute Gasteiger partial charge is 0.462 e. The van der Waals surface area contributed by atoms with Crippen LogP contribution < -0.4 is 0 Å². The zero-order chi connectivity index (χ0) is 42.1. The van der Waals surface area contributed by atoms with Crippen LogP contribution >= 0.6 is 15.6 Å². The lowest BCUT2D eigenvalue weighted by Gasteiger charge is -2.21. The minimum Gasteiger partial charge on any atom is -0.462 e. The Balaban J connectivity index is 4.97. The third kappa shape index (κ3) is 33.1. The SMILES string of the molecule is CCCCCCCCCC(=O)O[C@H](COC(=O)CCCCC)COP(=O)(O)OC[C@H](O)COP(=O)(O)OC[C@H](COC(=O)CC)OC(=O)CCCCCCCC. The Morgan fingerprint density at radius 1 is 0.446 bits per heavy atom. The second-order valence-electron chi connectivity index (χ2n) is 13.6. The number of hydrogen-bond acceptors (Lipinski definition) is 15. The van der Waals surface area contributed by atoms with Crippen LogP contribution in [-0.2, 0) is 65.4 Å². The van der Waals surface area contributed by atoms with E-state index in [0.29, 0.717) is 19.3 Å². The van der Waals surface area contributed by atoms with E-state index in [9.17, 15) is 43.2 Å². The van der Waals surface area contributed by atoms with Crippen molar-refractivity contribution in [2.45, 2.75) is 174 Å². The van der Waals surface area contributed by atoms with E-state index in [-0.39, 0.29) is 25.7 Å². The summed E-state index contributed by atoms with van der Waals surface area (Å²) in [5.41, 5.74) is 0. The molecular weight excluding hydrogens is 778 g/mol. The van der Waals surface area contributed by atoms with Crippen molar-refractivity contribution in [1.29, 1.82) is 0 Å². The molecule has 0 bridgehead atoms. The van der Waals surface area contributed by atoms with Gasteiger partial charge in [-0.1, -0.05) is 111 Å². The summed E-state index contributed by atoms with van der Waals surface area (Å²) in [6.45, 7) is 3.77. The quantitative estimate of drug-likeness (QED) is 0.0237.